The summed E-state index contributed by atoms with van der Waals surface area (Å²) < 4.78 is 41.4. The molecule has 0 radical (unpaired) electrons. The van der Waals surface area contributed by atoms with Crippen LogP contribution < -0.4 is 5.32 Å². The molecule has 5 aromatic rings. The van der Waals surface area contributed by atoms with Gasteiger partial charge in [0.1, 0.15) is 0 Å². The van der Waals surface area contributed by atoms with Gasteiger partial charge in [0.25, 0.3) is 0 Å². The van der Waals surface area contributed by atoms with E-state index in [1.54, 1.807) is 24.4 Å². The van der Waals surface area contributed by atoms with Crippen LogP contribution in [0.3, 0.4) is 0 Å². The summed E-state index contributed by atoms with van der Waals surface area (Å²) in [4.78, 5) is 15.4. The quantitative estimate of drug-likeness (QED) is 0.233. The molecule has 1 heterocycles. The molecule has 0 atom stereocenters. The molecule has 38 heavy (non-hydrogen) atoms. The Kier molecular flexibility index (Phi) is 6.83. The number of hydrogen-bond acceptors (Lipinski definition) is 3. The number of carboxylic acids is 1. The lowest BCUT2D eigenvalue weighted by Gasteiger charge is -2.17. The van der Waals surface area contributed by atoms with E-state index in [2.05, 4.69) is 10.3 Å². The molecule has 7 heteroatoms. The first kappa shape index (κ1) is 25.0. The van der Waals surface area contributed by atoms with Crippen molar-refractivity contribution >= 4 is 22.6 Å². The molecule has 0 spiro atoms. The van der Waals surface area contributed by atoms with E-state index in [1.807, 2.05) is 54.6 Å². The Morgan fingerprint density at radius 2 is 1.55 bits per heavy atom. The van der Waals surface area contributed by atoms with Crippen LogP contribution in [0.5, 0.6) is 0 Å². The summed E-state index contributed by atoms with van der Waals surface area (Å²) in [6, 6.07) is 28.0. The van der Waals surface area contributed by atoms with Gasteiger partial charge in [0.05, 0.1) is 16.6 Å². The first-order chi connectivity index (χ1) is 18.3. The first-order valence-corrected chi connectivity index (χ1v) is 12.0. The van der Waals surface area contributed by atoms with Crippen LogP contribution in [-0.2, 0) is 19.1 Å². The topological polar surface area (TPSA) is 62.2 Å². The molecule has 0 saturated carbocycles. The number of hydrogen-bond donors (Lipinski definition) is 2. The Bertz CT molecular complexity index is 1600. The van der Waals surface area contributed by atoms with Crippen molar-refractivity contribution in [3.05, 3.63) is 131 Å². The standard InChI is InChI=1S/C31H23F3N2O2/c32-31(33,34)27-11-5-10-26-28(24(19-36-29(26)27)16-20-6-2-1-3-7-20)23-9-4-8-21(17-23)18-35-25-14-12-22(13-15-25)30(37)38/h1-15,17,19,35H,16,18H2,(H,37,38). The summed E-state index contributed by atoms with van der Waals surface area (Å²) in [5.41, 5.74) is 4.43. The predicted octanol–water partition coefficient (Wildman–Crippen LogP) is 7.82. The van der Waals surface area contributed by atoms with Gasteiger partial charge in [-0.05, 0) is 70.6 Å². The summed E-state index contributed by atoms with van der Waals surface area (Å²) in [5, 5.41) is 12.8. The van der Waals surface area contributed by atoms with Crippen molar-refractivity contribution in [2.24, 2.45) is 0 Å². The molecule has 0 saturated heterocycles. The van der Waals surface area contributed by atoms with Crippen LogP contribution in [0.25, 0.3) is 22.0 Å². The molecule has 190 valence electrons. The summed E-state index contributed by atoms with van der Waals surface area (Å²) in [7, 11) is 0. The minimum absolute atomic E-state index is 0.0751. The fourth-order valence-electron chi connectivity index (χ4n) is 4.56. The summed E-state index contributed by atoms with van der Waals surface area (Å²) in [6.45, 7) is 0.449. The van der Waals surface area contributed by atoms with Gasteiger partial charge in [-0.2, -0.15) is 13.2 Å². The number of benzene rings is 4. The Morgan fingerprint density at radius 1 is 0.842 bits per heavy atom. The van der Waals surface area contributed by atoms with Gasteiger partial charge in [0.15, 0.2) is 0 Å². The van der Waals surface area contributed by atoms with Crippen molar-refractivity contribution in [1.82, 2.24) is 4.98 Å². The number of fused-ring (bicyclic) bond motifs is 1. The van der Waals surface area contributed by atoms with Gasteiger partial charge >= 0.3 is 12.1 Å². The van der Waals surface area contributed by atoms with E-state index in [0.717, 1.165) is 39.6 Å². The highest BCUT2D eigenvalue weighted by Gasteiger charge is 2.33. The Morgan fingerprint density at radius 3 is 2.26 bits per heavy atom. The average molecular weight is 513 g/mol. The van der Waals surface area contributed by atoms with E-state index in [-0.39, 0.29) is 11.1 Å². The number of anilines is 1. The third-order valence-electron chi connectivity index (χ3n) is 6.36. The summed E-state index contributed by atoms with van der Waals surface area (Å²) >= 11 is 0. The molecule has 0 amide bonds. The number of para-hydroxylation sites is 1. The zero-order chi connectivity index (χ0) is 26.7. The number of rotatable bonds is 7. The molecule has 5 rings (SSSR count). The van der Waals surface area contributed by atoms with Gasteiger partial charge < -0.3 is 10.4 Å². The lowest BCUT2D eigenvalue weighted by Crippen LogP contribution is -2.07. The molecule has 0 bridgehead atoms. The number of pyridine rings is 1. The van der Waals surface area contributed by atoms with Crippen molar-refractivity contribution in [1.29, 1.82) is 0 Å². The Hall–Kier alpha value is -4.65. The number of alkyl halides is 3. The predicted molar refractivity (Wildman–Crippen MR) is 142 cm³/mol. The third-order valence-corrected chi connectivity index (χ3v) is 6.36. The monoisotopic (exact) mass is 512 g/mol. The van der Waals surface area contributed by atoms with E-state index >= 15 is 0 Å². The van der Waals surface area contributed by atoms with Crippen LogP contribution in [0, 0.1) is 0 Å². The SMILES string of the molecule is O=C(O)c1ccc(NCc2cccc(-c3c(Cc4ccccc4)cnc4c(C(F)(F)F)cccc34)c2)cc1. The number of aromatic carboxylic acids is 1. The highest BCUT2D eigenvalue weighted by molar-refractivity contribution is 5.98. The van der Waals surface area contributed by atoms with E-state index in [4.69, 9.17) is 5.11 Å². The largest absolute Gasteiger partial charge is 0.478 e. The number of nitrogens with zero attached hydrogens (tertiary/aromatic N) is 1. The lowest BCUT2D eigenvalue weighted by molar-refractivity contribution is -0.136. The van der Waals surface area contributed by atoms with Crippen molar-refractivity contribution in [3.8, 4) is 11.1 Å². The van der Waals surface area contributed by atoms with Crippen LogP contribution in [0.1, 0.15) is 32.6 Å². The molecule has 2 N–H and O–H groups in total. The molecular formula is C31H23F3N2O2. The third kappa shape index (κ3) is 5.37. The molecule has 0 unspecified atom stereocenters. The van der Waals surface area contributed by atoms with Gasteiger partial charge in [-0.15, -0.1) is 0 Å². The van der Waals surface area contributed by atoms with Crippen molar-refractivity contribution < 1.29 is 23.1 Å². The number of aromatic nitrogens is 1. The number of halogens is 3. The van der Waals surface area contributed by atoms with Crippen molar-refractivity contribution in [2.75, 3.05) is 5.32 Å². The number of nitrogens with one attached hydrogen (secondary N) is 1. The molecular weight excluding hydrogens is 489 g/mol. The smallest absolute Gasteiger partial charge is 0.418 e. The molecule has 4 nitrogen and oxygen atoms in total. The first-order valence-electron chi connectivity index (χ1n) is 12.0. The molecule has 0 fully saturated rings. The fourth-order valence-corrected chi connectivity index (χ4v) is 4.56. The average Bonchev–Trinajstić information content (AvgIpc) is 2.92. The second-order valence-electron chi connectivity index (χ2n) is 8.96. The molecule has 0 aliphatic heterocycles. The van der Waals surface area contributed by atoms with Crippen LogP contribution in [0.2, 0.25) is 0 Å². The fraction of sp³-hybridized carbons (Fsp3) is 0.0968. The highest BCUT2D eigenvalue weighted by Crippen LogP contribution is 2.39. The van der Waals surface area contributed by atoms with Gasteiger partial charge in [-0.1, -0.05) is 60.7 Å². The number of carboxylic acid groups (broad SMARTS) is 1. The number of carbonyl (C=O) groups is 1. The zero-order valence-corrected chi connectivity index (χ0v) is 20.2. The normalized spacial score (nSPS) is 11.4. The lowest BCUT2D eigenvalue weighted by atomic mass is 9.91. The molecule has 0 aliphatic carbocycles. The minimum Gasteiger partial charge on any atom is -0.478 e. The summed E-state index contributed by atoms with van der Waals surface area (Å²) in [6.07, 6.45) is -2.45. The molecule has 0 aliphatic rings. The van der Waals surface area contributed by atoms with Crippen molar-refractivity contribution in [2.45, 2.75) is 19.1 Å². The highest BCUT2D eigenvalue weighted by atomic mass is 19.4. The van der Waals surface area contributed by atoms with E-state index < -0.39 is 17.7 Å². The van der Waals surface area contributed by atoms with Crippen LogP contribution >= 0.6 is 0 Å². The van der Waals surface area contributed by atoms with Gasteiger partial charge in [-0.25, -0.2) is 4.79 Å². The van der Waals surface area contributed by atoms with E-state index in [1.165, 1.54) is 18.2 Å². The van der Waals surface area contributed by atoms with Crippen LogP contribution in [0.15, 0.2) is 103 Å². The van der Waals surface area contributed by atoms with Crippen molar-refractivity contribution in [3.63, 3.8) is 0 Å². The maximum atomic E-state index is 13.8. The van der Waals surface area contributed by atoms with E-state index in [0.29, 0.717) is 18.4 Å². The Balaban J connectivity index is 1.55. The molecule has 4 aromatic carbocycles. The maximum Gasteiger partial charge on any atom is 0.418 e. The maximum absolute atomic E-state index is 13.8. The van der Waals surface area contributed by atoms with Crippen LogP contribution in [-0.4, -0.2) is 16.1 Å². The second kappa shape index (κ2) is 10.4. The minimum atomic E-state index is -4.52. The van der Waals surface area contributed by atoms with Crippen LogP contribution in [0.4, 0.5) is 18.9 Å². The molecule has 1 aromatic heterocycles. The zero-order valence-electron chi connectivity index (χ0n) is 20.2. The Labute approximate surface area is 217 Å². The van der Waals surface area contributed by atoms with E-state index in [9.17, 15) is 18.0 Å². The summed E-state index contributed by atoms with van der Waals surface area (Å²) in [5.74, 6) is -0.992. The second-order valence-corrected chi connectivity index (χ2v) is 8.96. The van der Waals surface area contributed by atoms with Gasteiger partial charge in [0, 0.05) is 23.8 Å². The van der Waals surface area contributed by atoms with Gasteiger partial charge in [-0.3, -0.25) is 4.98 Å². The van der Waals surface area contributed by atoms with Gasteiger partial charge in [0.2, 0.25) is 0 Å².